The van der Waals surface area contributed by atoms with Gasteiger partial charge in [-0.15, -0.1) is 0 Å². The summed E-state index contributed by atoms with van der Waals surface area (Å²) in [7, 11) is 1.50. The number of aliphatic hydroxyl groups is 1. The average molecular weight is 461 g/mol. The van der Waals surface area contributed by atoms with E-state index in [2.05, 4.69) is 10.1 Å². The molecule has 2 aromatic heterocycles. The quantitative estimate of drug-likeness (QED) is 0.556. The normalized spacial score (nSPS) is 19.8. The Balaban J connectivity index is 1.56. The summed E-state index contributed by atoms with van der Waals surface area (Å²) in [6, 6.07) is 8.76. The van der Waals surface area contributed by atoms with Crippen LogP contribution in [0.3, 0.4) is 0 Å². The number of carbonyl (C=O) groups is 1. The Kier molecular flexibility index (Phi) is 6.15. The van der Waals surface area contributed by atoms with Gasteiger partial charge in [0.2, 0.25) is 0 Å². The molecule has 1 N–H and O–H groups in total. The zero-order valence-corrected chi connectivity index (χ0v) is 18.7. The summed E-state index contributed by atoms with van der Waals surface area (Å²) in [6.45, 7) is -0.568. The number of aromatic nitrogens is 3. The maximum atomic E-state index is 13.3. The molecule has 1 amide bonds. The van der Waals surface area contributed by atoms with Crippen molar-refractivity contribution in [2.45, 2.75) is 38.3 Å². The number of rotatable bonds is 8. The van der Waals surface area contributed by atoms with Crippen LogP contribution in [-0.2, 0) is 17.6 Å². The Morgan fingerprint density at radius 3 is 2.94 bits per heavy atom. The number of halogens is 1. The van der Waals surface area contributed by atoms with Crippen LogP contribution in [0.1, 0.15) is 37.8 Å². The van der Waals surface area contributed by atoms with Gasteiger partial charge in [-0.2, -0.15) is 5.10 Å². The second-order valence-electron chi connectivity index (χ2n) is 7.70. The largest absolute Gasteiger partial charge is 0.493 e. The molecule has 0 radical (unpaired) electrons. The summed E-state index contributed by atoms with van der Waals surface area (Å²) >= 11 is 6.06. The van der Waals surface area contributed by atoms with E-state index in [0.29, 0.717) is 47.1 Å². The number of nitrogens with zero attached hydrogens (tertiary/aromatic N) is 4. The number of amides is 1. The molecular formula is C23H27ClN4O4. The summed E-state index contributed by atoms with van der Waals surface area (Å²) in [5.74, 6) is 0.693. The molecule has 0 bridgehead atoms. The highest BCUT2D eigenvalue weighted by Crippen LogP contribution is 2.26. The van der Waals surface area contributed by atoms with Crippen molar-refractivity contribution in [2.75, 3.05) is 26.8 Å². The van der Waals surface area contributed by atoms with E-state index in [1.807, 2.05) is 24.3 Å². The maximum absolute atomic E-state index is 13.3. The maximum Gasteiger partial charge on any atom is 0.255 e. The molecule has 0 saturated carbocycles. The highest BCUT2D eigenvalue weighted by Gasteiger charge is 2.36. The number of aryl methyl sites for hydroxylation is 2. The smallest absolute Gasteiger partial charge is 0.255 e. The second-order valence-corrected chi connectivity index (χ2v) is 8.13. The van der Waals surface area contributed by atoms with Crippen molar-refractivity contribution in [1.82, 2.24) is 19.5 Å². The minimum absolute atomic E-state index is 0.181. The lowest BCUT2D eigenvalue weighted by molar-refractivity contribution is 0.0578. The summed E-state index contributed by atoms with van der Waals surface area (Å²) in [4.78, 5) is 19.4. The van der Waals surface area contributed by atoms with Crippen LogP contribution in [0.15, 0.2) is 36.5 Å². The zero-order chi connectivity index (χ0) is 24.5. The molecule has 0 aliphatic carbocycles. The molecule has 1 aromatic carbocycles. The zero-order valence-electron chi connectivity index (χ0n) is 20.0. The third kappa shape index (κ3) is 4.72. The van der Waals surface area contributed by atoms with Crippen molar-refractivity contribution in [2.24, 2.45) is 0 Å². The molecule has 3 heterocycles. The Morgan fingerprint density at radius 2 is 2.22 bits per heavy atom. The highest BCUT2D eigenvalue weighted by molar-refractivity contribution is 6.30. The van der Waals surface area contributed by atoms with Gasteiger partial charge in [-0.05, 0) is 43.5 Å². The third-order valence-corrected chi connectivity index (χ3v) is 5.80. The van der Waals surface area contributed by atoms with Crippen LogP contribution in [0.25, 0.3) is 5.65 Å². The molecule has 170 valence electrons. The lowest BCUT2D eigenvalue weighted by Gasteiger charge is -2.23. The standard InChI is InChI=1S/C23H27ClN4O4/c1-3-32-19-11-18(14-29)27(13-19)23(30)16-10-20(31-2)22-25-21(26-28(22)12-16)8-7-15-5-4-6-17(24)9-15/h4-6,9-10,12,18-19,29H,3,7-8,11,13-14H2,1-2H3/t18?,19-/m1/s1/i3D2. The Morgan fingerprint density at radius 1 is 1.38 bits per heavy atom. The molecule has 1 fully saturated rings. The Bertz CT molecular complexity index is 1180. The SMILES string of the molecule is [2H]C([2H])(C)O[C@@H]1CC(CO)N(C(=O)c2cc(OC)c3nc(CCc4cccc(Cl)c4)nn3c2)C1. The topological polar surface area (TPSA) is 89.2 Å². The van der Waals surface area contributed by atoms with E-state index in [1.54, 1.807) is 12.3 Å². The van der Waals surface area contributed by atoms with Gasteiger partial charge >= 0.3 is 0 Å². The number of methoxy groups -OCH3 is 1. The van der Waals surface area contributed by atoms with E-state index < -0.39 is 18.7 Å². The van der Waals surface area contributed by atoms with Crippen molar-refractivity contribution in [3.8, 4) is 5.75 Å². The molecular weight excluding hydrogens is 432 g/mol. The first-order valence-electron chi connectivity index (χ1n) is 11.4. The molecule has 0 spiro atoms. The van der Waals surface area contributed by atoms with E-state index >= 15 is 0 Å². The van der Waals surface area contributed by atoms with E-state index in [9.17, 15) is 9.90 Å². The van der Waals surface area contributed by atoms with E-state index in [-0.39, 0.29) is 19.1 Å². The van der Waals surface area contributed by atoms with Gasteiger partial charge in [-0.3, -0.25) is 4.79 Å². The van der Waals surface area contributed by atoms with Gasteiger partial charge < -0.3 is 19.5 Å². The second kappa shape index (κ2) is 9.85. The van der Waals surface area contributed by atoms with Gasteiger partial charge in [0, 0.05) is 30.7 Å². The molecule has 9 heteroatoms. The molecule has 1 aliphatic heterocycles. The number of pyridine rings is 1. The number of aliphatic hydroxyl groups excluding tert-OH is 1. The van der Waals surface area contributed by atoms with Crippen molar-refractivity contribution in [3.63, 3.8) is 0 Å². The van der Waals surface area contributed by atoms with Crippen LogP contribution >= 0.6 is 11.6 Å². The van der Waals surface area contributed by atoms with Crippen LogP contribution in [0.5, 0.6) is 5.75 Å². The van der Waals surface area contributed by atoms with Crippen LogP contribution in [0.4, 0.5) is 0 Å². The molecule has 1 saturated heterocycles. The van der Waals surface area contributed by atoms with Gasteiger partial charge in [0.05, 0.1) is 34.2 Å². The van der Waals surface area contributed by atoms with Crippen LogP contribution in [0, 0.1) is 0 Å². The predicted octanol–water partition coefficient (Wildman–Crippen LogP) is 2.79. The minimum Gasteiger partial charge on any atom is -0.493 e. The van der Waals surface area contributed by atoms with Crippen LogP contribution in [-0.4, -0.2) is 69.5 Å². The van der Waals surface area contributed by atoms with Gasteiger partial charge in [0.15, 0.2) is 17.2 Å². The van der Waals surface area contributed by atoms with Crippen molar-refractivity contribution in [1.29, 1.82) is 0 Å². The number of likely N-dealkylation sites (tertiary alicyclic amines) is 1. The lowest BCUT2D eigenvalue weighted by Crippen LogP contribution is -2.38. The van der Waals surface area contributed by atoms with E-state index in [0.717, 1.165) is 5.56 Å². The minimum atomic E-state index is -1.83. The van der Waals surface area contributed by atoms with Crippen molar-refractivity contribution < 1.29 is 22.1 Å². The summed E-state index contributed by atoms with van der Waals surface area (Å²) in [6.07, 6.45) is 2.75. The number of carbonyl (C=O) groups excluding carboxylic acids is 1. The number of benzene rings is 1. The first-order valence-corrected chi connectivity index (χ1v) is 10.8. The summed E-state index contributed by atoms with van der Waals surface area (Å²) < 4.78 is 27.7. The van der Waals surface area contributed by atoms with Crippen molar-refractivity contribution >= 4 is 23.2 Å². The number of fused-ring (bicyclic) bond motifs is 1. The number of hydrogen-bond acceptors (Lipinski definition) is 6. The lowest BCUT2D eigenvalue weighted by atomic mass is 10.1. The van der Waals surface area contributed by atoms with E-state index in [1.165, 1.54) is 23.4 Å². The van der Waals surface area contributed by atoms with Crippen molar-refractivity contribution in [3.05, 3.63) is 58.5 Å². The average Bonchev–Trinajstić information content (AvgIpc) is 3.38. The summed E-state index contributed by atoms with van der Waals surface area (Å²) in [5, 5.41) is 15.0. The van der Waals surface area contributed by atoms with Crippen LogP contribution < -0.4 is 4.74 Å². The predicted molar refractivity (Wildman–Crippen MR) is 120 cm³/mol. The first kappa shape index (κ1) is 20.0. The van der Waals surface area contributed by atoms with Gasteiger partial charge in [-0.1, -0.05) is 23.7 Å². The Labute approximate surface area is 194 Å². The molecule has 3 aromatic rings. The Hall–Kier alpha value is -2.68. The molecule has 32 heavy (non-hydrogen) atoms. The molecule has 1 unspecified atom stereocenters. The fraction of sp³-hybridized carbons (Fsp3) is 0.435. The fourth-order valence-electron chi connectivity index (χ4n) is 4.04. The number of hydrogen-bond donors (Lipinski definition) is 1. The van der Waals surface area contributed by atoms with Gasteiger partial charge in [-0.25, -0.2) is 9.50 Å². The molecule has 2 atom stereocenters. The first-order chi connectivity index (χ1) is 16.2. The fourth-order valence-corrected chi connectivity index (χ4v) is 4.25. The molecule has 4 rings (SSSR count). The monoisotopic (exact) mass is 460 g/mol. The third-order valence-electron chi connectivity index (χ3n) is 5.57. The van der Waals surface area contributed by atoms with E-state index in [4.69, 9.17) is 23.8 Å². The molecule has 1 aliphatic rings. The number of ether oxygens (including phenoxy) is 2. The van der Waals surface area contributed by atoms with Gasteiger partial charge in [0.1, 0.15) is 0 Å². The summed E-state index contributed by atoms with van der Waals surface area (Å²) in [5.41, 5.74) is 1.90. The molecule has 8 nitrogen and oxygen atoms in total. The van der Waals surface area contributed by atoms with Crippen LogP contribution in [0.2, 0.25) is 5.02 Å². The highest BCUT2D eigenvalue weighted by atomic mass is 35.5. The van der Waals surface area contributed by atoms with Gasteiger partial charge in [0.25, 0.3) is 5.91 Å².